The van der Waals surface area contributed by atoms with Gasteiger partial charge in [0.1, 0.15) is 0 Å². The first-order chi connectivity index (χ1) is 7.24. The fourth-order valence-corrected chi connectivity index (χ4v) is 1.50. The number of hydrogen-bond acceptors (Lipinski definition) is 4. The second-order valence-electron chi connectivity index (χ2n) is 3.67. The molecule has 0 saturated carbocycles. The number of methoxy groups -OCH3 is 1. The van der Waals surface area contributed by atoms with Crippen LogP contribution in [-0.4, -0.2) is 64.6 Å². The highest BCUT2D eigenvalue weighted by molar-refractivity contribution is 4.69. The molecule has 0 fully saturated rings. The molecule has 0 amide bonds. The van der Waals surface area contributed by atoms with Crippen LogP contribution in [0.5, 0.6) is 0 Å². The Hall–Kier alpha value is -0.160. The maximum absolute atomic E-state index is 5.31. The summed E-state index contributed by atoms with van der Waals surface area (Å²) in [5.74, 6) is 0. The van der Waals surface area contributed by atoms with E-state index in [0.717, 1.165) is 39.5 Å². The monoisotopic (exact) mass is 218 g/mol. The largest absolute Gasteiger partial charge is 0.383 e. The first-order valence-electron chi connectivity index (χ1n) is 5.73. The lowest BCUT2D eigenvalue weighted by Gasteiger charge is -2.24. The van der Waals surface area contributed by atoms with Gasteiger partial charge >= 0.3 is 0 Å². The van der Waals surface area contributed by atoms with Gasteiger partial charge in [0.05, 0.1) is 13.2 Å². The van der Waals surface area contributed by atoms with E-state index in [1.807, 2.05) is 6.92 Å². The Morgan fingerprint density at radius 3 is 2.60 bits per heavy atom. The zero-order valence-electron chi connectivity index (χ0n) is 10.6. The van der Waals surface area contributed by atoms with Gasteiger partial charge in [0.2, 0.25) is 0 Å². The van der Waals surface area contributed by atoms with Gasteiger partial charge in [0, 0.05) is 32.8 Å². The van der Waals surface area contributed by atoms with Crippen LogP contribution in [0, 0.1) is 0 Å². The van der Waals surface area contributed by atoms with Crippen LogP contribution in [0.25, 0.3) is 0 Å². The molecule has 0 radical (unpaired) electrons. The molecule has 0 aliphatic carbocycles. The Balaban J connectivity index is 3.62. The quantitative estimate of drug-likeness (QED) is 0.544. The summed E-state index contributed by atoms with van der Waals surface area (Å²) in [6, 6.07) is 0.409. The molecule has 0 aliphatic heterocycles. The van der Waals surface area contributed by atoms with Gasteiger partial charge in [-0.05, 0) is 20.5 Å². The Labute approximate surface area is 93.9 Å². The third-order valence-corrected chi connectivity index (χ3v) is 2.21. The minimum absolute atomic E-state index is 0.409. The predicted octanol–water partition coefficient (Wildman–Crippen LogP) is 0.579. The van der Waals surface area contributed by atoms with Gasteiger partial charge in [-0.15, -0.1) is 0 Å². The van der Waals surface area contributed by atoms with E-state index in [0.29, 0.717) is 6.04 Å². The molecule has 15 heavy (non-hydrogen) atoms. The van der Waals surface area contributed by atoms with Gasteiger partial charge in [-0.1, -0.05) is 6.92 Å². The lowest BCUT2D eigenvalue weighted by Crippen LogP contribution is -2.43. The maximum atomic E-state index is 5.31. The van der Waals surface area contributed by atoms with Crippen LogP contribution in [-0.2, 0) is 9.47 Å². The summed E-state index contributed by atoms with van der Waals surface area (Å²) >= 11 is 0. The highest BCUT2D eigenvalue weighted by Crippen LogP contribution is 1.91. The lowest BCUT2D eigenvalue weighted by atomic mass is 10.3. The molecule has 1 N–H and O–H groups in total. The first-order valence-corrected chi connectivity index (χ1v) is 5.73. The molecular formula is C11H26N2O2. The topological polar surface area (TPSA) is 33.7 Å². The third kappa shape index (κ3) is 8.81. The Morgan fingerprint density at radius 2 is 2.07 bits per heavy atom. The van der Waals surface area contributed by atoms with Crippen molar-refractivity contribution in [1.29, 1.82) is 0 Å². The average molecular weight is 218 g/mol. The van der Waals surface area contributed by atoms with Crippen LogP contribution >= 0.6 is 0 Å². The normalized spacial score (nSPS) is 13.4. The van der Waals surface area contributed by atoms with Gasteiger partial charge < -0.3 is 19.7 Å². The summed E-state index contributed by atoms with van der Waals surface area (Å²) in [6.07, 6.45) is 0. The van der Waals surface area contributed by atoms with E-state index >= 15 is 0 Å². The standard InChI is InChI=1S/C11H26N2O2/c1-5-12-11(10-14-4)9-13(3)7-8-15-6-2/h11-12H,5-10H2,1-4H3. The van der Waals surface area contributed by atoms with Crippen molar-refractivity contribution >= 4 is 0 Å². The van der Waals surface area contributed by atoms with Crippen LogP contribution in [0.4, 0.5) is 0 Å². The summed E-state index contributed by atoms with van der Waals surface area (Å²) in [6.45, 7) is 9.44. The van der Waals surface area contributed by atoms with Crippen molar-refractivity contribution in [1.82, 2.24) is 10.2 Å². The van der Waals surface area contributed by atoms with E-state index in [1.54, 1.807) is 7.11 Å². The van der Waals surface area contributed by atoms with E-state index in [2.05, 4.69) is 24.2 Å². The van der Waals surface area contributed by atoms with Crippen LogP contribution < -0.4 is 5.32 Å². The summed E-state index contributed by atoms with van der Waals surface area (Å²) in [7, 11) is 3.85. The molecule has 0 aromatic rings. The minimum atomic E-state index is 0.409. The molecule has 1 unspecified atom stereocenters. The molecule has 4 nitrogen and oxygen atoms in total. The second kappa shape index (κ2) is 10.4. The van der Waals surface area contributed by atoms with Crippen molar-refractivity contribution in [3.8, 4) is 0 Å². The number of hydrogen-bond donors (Lipinski definition) is 1. The van der Waals surface area contributed by atoms with E-state index < -0.39 is 0 Å². The van der Waals surface area contributed by atoms with Gasteiger partial charge in [0.15, 0.2) is 0 Å². The molecule has 0 heterocycles. The van der Waals surface area contributed by atoms with Gasteiger partial charge in [-0.2, -0.15) is 0 Å². The SMILES string of the molecule is CCNC(COC)CN(C)CCOCC. The van der Waals surface area contributed by atoms with Gasteiger partial charge in [0.25, 0.3) is 0 Å². The molecule has 92 valence electrons. The van der Waals surface area contributed by atoms with Crippen LogP contribution in [0.15, 0.2) is 0 Å². The summed E-state index contributed by atoms with van der Waals surface area (Å²) in [5, 5.41) is 3.40. The smallest absolute Gasteiger partial charge is 0.0628 e. The fourth-order valence-electron chi connectivity index (χ4n) is 1.50. The zero-order chi connectivity index (χ0) is 11.5. The second-order valence-corrected chi connectivity index (χ2v) is 3.67. The number of nitrogens with zero attached hydrogens (tertiary/aromatic N) is 1. The fraction of sp³-hybridized carbons (Fsp3) is 1.00. The summed E-state index contributed by atoms with van der Waals surface area (Å²) in [4.78, 5) is 2.27. The zero-order valence-corrected chi connectivity index (χ0v) is 10.6. The van der Waals surface area contributed by atoms with Gasteiger partial charge in [-0.3, -0.25) is 0 Å². The molecule has 4 heteroatoms. The molecular weight excluding hydrogens is 192 g/mol. The molecule has 0 saturated heterocycles. The number of likely N-dealkylation sites (N-methyl/N-ethyl adjacent to an activating group) is 2. The average Bonchev–Trinajstić information content (AvgIpc) is 2.19. The molecule has 0 aromatic carbocycles. The minimum Gasteiger partial charge on any atom is -0.383 e. The highest BCUT2D eigenvalue weighted by atomic mass is 16.5. The van der Waals surface area contributed by atoms with E-state index in [-0.39, 0.29) is 0 Å². The third-order valence-electron chi connectivity index (χ3n) is 2.21. The van der Waals surface area contributed by atoms with Crippen LogP contribution in [0.1, 0.15) is 13.8 Å². The Bertz CT molecular complexity index is 128. The van der Waals surface area contributed by atoms with Crippen molar-refractivity contribution in [3.63, 3.8) is 0 Å². The predicted molar refractivity (Wildman–Crippen MR) is 63.3 cm³/mol. The van der Waals surface area contributed by atoms with Crippen LogP contribution in [0.3, 0.4) is 0 Å². The van der Waals surface area contributed by atoms with Crippen molar-refractivity contribution < 1.29 is 9.47 Å². The molecule has 0 rings (SSSR count). The molecule has 0 bridgehead atoms. The number of rotatable bonds is 10. The number of nitrogens with one attached hydrogen (secondary N) is 1. The highest BCUT2D eigenvalue weighted by Gasteiger charge is 2.09. The van der Waals surface area contributed by atoms with Crippen molar-refractivity contribution in [2.75, 3.05) is 53.6 Å². The van der Waals surface area contributed by atoms with E-state index in [9.17, 15) is 0 Å². The summed E-state index contributed by atoms with van der Waals surface area (Å²) < 4.78 is 10.5. The Kier molecular flexibility index (Phi) is 10.3. The molecule has 1 atom stereocenters. The lowest BCUT2D eigenvalue weighted by molar-refractivity contribution is 0.106. The first kappa shape index (κ1) is 14.8. The molecule has 0 aromatic heterocycles. The number of ether oxygens (including phenoxy) is 2. The summed E-state index contributed by atoms with van der Waals surface area (Å²) in [5.41, 5.74) is 0. The van der Waals surface area contributed by atoms with Gasteiger partial charge in [-0.25, -0.2) is 0 Å². The van der Waals surface area contributed by atoms with Crippen molar-refractivity contribution in [2.24, 2.45) is 0 Å². The Morgan fingerprint density at radius 1 is 1.33 bits per heavy atom. The van der Waals surface area contributed by atoms with Crippen molar-refractivity contribution in [3.05, 3.63) is 0 Å². The van der Waals surface area contributed by atoms with Crippen LogP contribution in [0.2, 0.25) is 0 Å². The maximum Gasteiger partial charge on any atom is 0.0628 e. The van der Waals surface area contributed by atoms with E-state index in [1.165, 1.54) is 0 Å². The molecule has 0 spiro atoms. The van der Waals surface area contributed by atoms with E-state index in [4.69, 9.17) is 9.47 Å². The van der Waals surface area contributed by atoms with Crippen molar-refractivity contribution in [2.45, 2.75) is 19.9 Å². The molecule has 0 aliphatic rings.